The second kappa shape index (κ2) is 4.87. The van der Waals surface area contributed by atoms with Crippen LogP contribution in [0.1, 0.15) is 31.7 Å². The van der Waals surface area contributed by atoms with Gasteiger partial charge in [0.2, 0.25) is 5.91 Å². The molecule has 0 saturated carbocycles. The molecule has 1 atom stereocenters. The summed E-state index contributed by atoms with van der Waals surface area (Å²) in [6.07, 6.45) is 0.865. The fraction of sp³-hybridized carbons (Fsp3) is 0.667. The van der Waals surface area contributed by atoms with Crippen LogP contribution in [0.4, 0.5) is 0 Å². The van der Waals surface area contributed by atoms with Crippen LogP contribution in [0.3, 0.4) is 0 Å². The first kappa shape index (κ1) is 12.1. The van der Waals surface area contributed by atoms with E-state index >= 15 is 0 Å². The standard InChI is InChI=1S/C12H19N3O2/c1-8(2)13-11-4-5-15(12(11)16)7-10-6-9(3)14-17-10/h6,8,11,13H,4-5,7H2,1-3H3. The van der Waals surface area contributed by atoms with E-state index in [2.05, 4.69) is 24.3 Å². The minimum Gasteiger partial charge on any atom is -0.359 e. The molecule has 5 nitrogen and oxygen atoms in total. The Kier molecular flexibility index (Phi) is 3.47. The van der Waals surface area contributed by atoms with E-state index < -0.39 is 0 Å². The summed E-state index contributed by atoms with van der Waals surface area (Å²) in [5, 5.41) is 7.10. The van der Waals surface area contributed by atoms with Crippen LogP contribution in [0.25, 0.3) is 0 Å². The van der Waals surface area contributed by atoms with Crippen molar-refractivity contribution in [1.29, 1.82) is 0 Å². The zero-order valence-electron chi connectivity index (χ0n) is 10.6. The number of amides is 1. The Morgan fingerprint density at radius 3 is 3.00 bits per heavy atom. The van der Waals surface area contributed by atoms with Gasteiger partial charge in [-0.25, -0.2) is 0 Å². The Morgan fingerprint density at radius 1 is 1.65 bits per heavy atom. The third-order valence-electron chi connectivity index (χ3n) is 2.86. The normalized spacial score (nSPS) is 20.6. The summed E-state index contributed by atoms with van der Waals surface area (Å²) in [4.78, 5) is 13.9. The number of hydrogen-bond donors (Lipinski definition) is 1. The predicted molar refractivity (Wildman–Crippen MR) is 63.3 cm³/mol. The van der Waals surface area contributed by atoms with Crippen molar-refractivity contribution in [2.45, 2.75) is 45.8 Å². The van der Waals surface area contributed by atoms with Crippen molar-refractivity contribution in [3.8, 4) is 0 Å². The van der Waals surface area contributed by atoms with Crippen molar-refractivity contribution in [2.75, 3.05) is 6.54 Å². The van der Waals surface area contributed by atoms with Gasteiger partial charge in [0.1, 0.15) is 0 Å². The summed E-state index contributed by atoms with van der Waals surface area (Å²) in [6.45, 7) is 7.28. The highest BCUT2D eigenvalue weighted by atomic mass is 16.5. The van der Waals surface area contributed by atoms with Gasteiger partial charge >= 0.3 is 0 Å². The third-order valence-corrected chi connectivity index (χ3v) is 2.86. The molecule has 17 heavy (non-hydrogen) atoms. The van der Waals surface area contributed by atoms with E-state index in [1.54, 1.807) is 0 Å². The Bertz CT molecular complexity index is 400. The van der Waals surface area contributed by atoms with Crippen molar-refractivity contribution in [2.24, 2.45) is 0 Å². The van der Waals surface area contributed by atoms with Gasteiger partial charge in [0.05, 0.1) is 18.3 Å². The molecule has 0 bridgehead atoms. The Hall–Kier alpha value is -1.36. The first-order valence-corrected chi connectivity index (χ1v) is 6.03. The topological polar surface area (TPSA) is 58.4 Å². The zero-order valence-corrected chi connectivity index (χ0v) is 10.6. The molecule has 1 N–H and O–H groups in total. The van der Waals surface area contributed by atoms with Crippen LogP contribution in [0.5, 0.6) is 0 Å². The van der Waals surface area contributed by atoms with Crippen LogP contribution in [-0.4, -0.2) is 34.6 Å². The maximum atomic E-state index is 12.1. The van der Waals surface area contributed by atoms with Gasteiger partial charge in [-0.05, 0) is 13.3 Å². The van der Waals surface area contributed by atoms with Crippen LogP contribution < -0.4 is 5.32 Å². The summed E-state index contributed by atoms with van der Waals surface area (Å²) >= 11 is 0. The Labute approximate surface area is 101 Å². The fourth-order valence-electron chi connectivity index (χ4n) is 2.13. The van der Waals surface area contributed by atoms with Crippen LogP contribution in [0, 0.1) is 6.92 Å². The van der Waals surface area contributed by atoms with Gasteiger partial charge in [0.25, 0.3) is 0 Å². The molecule has 1 aliphatic heterocycles. The molecule has 94 valence electrons. The number of likely N-dealkylation sites (tertiary alicyclic amines) is 1. The SMILES string of the molecule is Cc1cc(CN2CCC(NC(C)C)C2=O)on1. The first-order valence-electron chi connectivity index (χ1n) is 6.03. The van der Waals surface area contributed by atoms with E-state index in [4.69, 9.17) is 4.52 Å². The average Bonchev–Trinajstić information content (AvgIpc) is 2.79. The quantitative estimate of drug-likeness (QED) is 0.851. The second-order valence-electron chi connectivity index (χ2n) is 4.86. The second-order valence-corrected chi connectivity index (χ2v) is 4.86. The number of carbonyl (C=O) groups is 1. The van der Waals surface area contributed by atoms with Crippen molar-refractivity contribution in [3.05, 3.63) is 17.5 Å². The highest BCUT2D eigenvalue weighted by molar-refractivity contribution is 5.83. The van der Waals surface area contributed by atoms with Gasteiger partial charge in [0.15, 0.2) is 5.76 Å². The van der Waals surface area contributed by atoms with E-state index in [-0.39, 0.29) is 11.9 Å². The molecular weight excluding hydrogens is 218 g/mol. The zero-order chi connectivity index (χ0) is 12.4. The molecule has 1 aliphatic rings. The number of nitrogens with zero attached hydrogens (tertiary/aromatic N) is 2. The Morgan fingerprint density at radius 2 is 2.41 bits per heavy atom. The molecule has 0 spiro atoms. The lowest BCUT2D eigenvalue weighted by molar-refractivity contribution is -0.130. The van der Waals surface area contributed by atoms with E-state index in [0.29, 0.717) is 12.6 Å². The largest absolute Gasteiger partial charge is 0.359 e. The summed E-state index contributed by atoms with van der Waals surface area (Å²) in [6, 6.07) is 2.16. The number of aryl methyl sites for hydroxylation is 1. The highest BCUT2D eigenvalue weighted by Gasteiger charge is 2.32. The highest BCUT2D eigenvalue weighted by Crippen LogP contribution is 2.16. The summed E-state index contributed by atoms with van der Waals surface area (Å²) in [5.74, 6) is 0.911. The molecule has 1 amide bonds. The summed E-state index contributed by atoms with van der Waals surface area (Å²) in [7, 11) is 0. The van der Waals surface area contributed by atoms with E-state index in [9.17, 15) is 4.79 Å². The molecule has 1 unspecified atom stereocenters. The number of nitrogens with one attached hydrogen (secondary N) is 1. The maximum absolute atomic E-state index is 12.1. The molecule has 2 rings (SSSR count). The monoisotopic (exact) mass is 237 g/mol. The molecule has 1 aromatic heterocycles. The van der Waals surface area contributed by atoms with Crippen LogP contribution in [0.15, 0.2) is 10.6 Å². The van der Waals surface area contributed by atoms with Gasteiger partial charge in [0, 0.05) is 18.7 Å². The fourth-order valence-corrected chi connectivity index (χ4v) is 2.13. The van der Waals surface area contributed by atoms with Crippen LogP contribution in [-0.2, 0) is 11.3 Å². The maximum Gasteiger partial charge on any atom is 0.240 e. The van der Waals surface area contributed by atoms with Crippen molar-refractivity contribution < 1.29 is 9.32 Å². The third kappa shape index (κ3) is 2.85. The lowest BCUT2D eigenvalue weighted by Gasteiger charge is -2.16. The van der Waals surface area contributed by atoms with Crippen molar-refractivity contribution in [3.63, 3.8) is 0 Å². The molecule has 0 radical (unpaired) electrons. The molecule has 1 saturated heterocycles. The number of carbonyl (C=O) groups excluding carboxylic acids is 1. The van der Waals surface area contributed by atoms with Gasteiger partial charge in [-0.1, -0.05) is 19.0 Å². The Balaban J connectivity index is 1.93. The minimum absolute atomic E-state index is 0.0426. The molecule has 1 fully saturated rings. The van der Waals surface area contributed by atoms with E-state index in [1.165, 1.54) is 0 Å². The summed E-state index contributed by atoms with van der Waals surface area (Å²) < 4.78 is 5.13. The lowest BCUT2D eigenvalue weighted by Crippen LogP contribution is -2.41. The van der Waals surface area contributed by atoms with E-state index in [0.717, 1.165) is 24.4 Å². The number of aromatic nitrogens is 1. The molecule has 5 heteroatoms. The average molecular weight is 237 g/mol. The van der Waals surface area contributed by atoms with Gasteiger partial charge < -0.3 is 14.7 Å². The van der Waals surface area contributed by atoms with Crippen molar-refractivity contribution in [1.82, 2.24) is 15.4 Å². The minimum atomic E-state index is -0.0426. The smallest absolute Gasteiger partial charge is 0.240 e. The predicted octanol–water partition coefficient (Wildman–Crippen LogP) is 1.08. The van der Waals surface area contributed by atoms with Gasteiger partial charge in [-0.3, -0.25) is 4.79 Å². The van der Waals surface area contributed by atoms with Gasteiger partial charge in [-0.15, -0.1) is 0 Å². The summed E-state index contributed by atoms with van der Waals surface area (Å²) in [5.41, 5.74) is 0.850. The van der Waals surface area contributed by atoms with Crippen LogP contribution in [0.2, 0.25) is 0 Å². The molecule has 0 aromatic carbocycles. The number of rotatable bonds is 4. The number of hydrogen-bond acceptors (Lipinski definition) is 4. The molecule has 2 heterocycles. The molecule has 1 aromatic rings. The van der Waals surface area contributed by atoms with Crippen molar-refractivity contribution >= 4 is 5.91 Å². The van der Waals surface area contributed by atoms with E-state index in [1.807, 2.05) is 17.9 Å². The molecule has 0 aliphatic carbocycles. The first-order chi connectivity index (χ1) is 8.06. The van der Waals surface area contributed by atoms with Crippen LogP contribution >= 0.6 is 0 Å². The lowest BCUT2D eigenvalue weighted by atomic mass is 10.2. The molecular formula is C12H19N3O2. The van der Waals surface area contributed by atoms with Gasteiger partial charge in [-0.2, -0.15) is 0 Å².